The predicted octanol–water partition coefficient (Wildman–Crippen LogP) is 2.71. The molecule has 0 amide bonds. The maximum absolute atomic E-state index is 12.9. The first kappa shape index (κ1) is 16.2. The zero-order valence-corrected chi connectivity index (χ0v) is 14.4. The Bertz CT molecular complexity index is 1030. The van der Waals surface area contributed by atoms with Gasteiger partial charge in [-0.3, -0.25) is 18.9 Å². The van der Waals surface area contributed by atoms with E-state index < -0.39 is 0 Å². The molecule has 0 saturated carbocycles. The van der Waals surface area contributed by atoms with Gasteiger partial charge in [0.15, 0.2) is 0 Å². The van der Waals surface area contributed by atoms with Gasteiger partial charge in [0, 0.05) is 24.2 Å². The van der Waals surface area contributed by atoms with Crippen LogP contribution >= 0.6 is 0 Å². The zero-order chi connectivity index (χ0) is 17.4. The van der Waals surface area contributed by atoms with Crippen LogP contribution in [0.2, 0.25) is 0 Å². The molecule has 3 rings (SSSR count). The molecular formula is C18H21N3O3. The summed E-state index contributed by atoms with van der Waals surface area (Å²) < 4.78 is 8.34. The normalized spacial score (nSPS) is 11.5. The minimum absolute atomic E-state index is 0.0829. The molecule has 0 N–H and O–H groups in total. The van der Waals surface area contributed by atoms with Crippen LogP contribution in [0.4, 0.5) is 0 Å². The first-order valence-electron chi connectivity index (χ1n) is 8.12. The molecule has 0 fully saturated rings. The molecule has 0 aliphatic carbocycles. The van der Waals surface area contributed by atoms with Crippen LogP contribution in [-0.2, 0) is 6.54 Å². The summed E-state index contributed by atoms with van der Waals surface area (Å²) in [5, 5.41) is 1.20. The molecule has 0 atom stereocenters. The van der Waals surface area contributed by atoms with E-state index >= 15 is 0 Å². The van der Waals surface area contributed by atoms with Crippen LogP contribution in [0.25, 0.3) is 21.8 Å². The van der Waals surface area contributed by atoms with Gasteiger partial charge in [-0.2, -0.15) is 0 Å². The molecule has 6 nitrogen and oxygen atoms in total. The molecule has 0 aliphatic rings. The zero-order valence-electron chi connectivity index (χ0n) is 14.4. The molecule has 2 heterocycles. The van der Waals surface area contributed by atoms with Crippen molar-refractivity contribution in [1.29, 1.82) is 0 Å². The largest absolute Gasteiger partial charge is 0.494 e. The molecule has 0 spiro atoms. The summed E-state index contributed by atoms with van der Waals surface area (Å²) in [6, 6.07) is 5.45. The number of fused-ring (bicyclic) bond motifs is 3. The molecule has 2 aromatic heterocycles. The van der Waals surface area contributed by atoms with Crippen LogP contribution in [0.1, 0.15) is 33.2 Å². The third-order valence-electron chi connectivity index (χ3n) is 4.17. The lowest BCUT2D eigenvalue weighted by molar-refractivity contribution is 0.419. The van der Waals surface area contributed by atoms with Gasteiger partial charge in [0.1, 0.15) is 11.3 Å². The maximum atomic E-state index is 12.9. The number of rotatable bonds is 4. The highest BCUT2D eigenvalue weighted by Crippen LogP contribution is 2.28. The number of methoxy groups -OCH3 is 1. The van der Waals surface area contributed by atoms with Crippen molar-refractivity contribution in [3.63, 3.8) is 0 Å². The fraction of sp³-hybridized carbons (Fsp3) is 0.389. The van der Waals surface area contributed by atoms with Crippen molar-refractivity contribution in [2.24, 2.45) is 0 Å². The highest BCUT2D eigenvalue weighted by atomic mass is 16.5. The molecular weight excluding hydrogens is 306 g/mol. The van der Waals surface area contributed by atoms with Gasteiger partial charge in [-0.05, 0) is 26.3 Å². The lowest BCUT2D eigenvalue weighted by Crippen LogP contribution is -2.40. The van der Waals surface area contributed by atoms with E-state index in [9.17, 15) is 9.59 Å². The average Bonchev–Trinajstić information content (AvgIpc) is 2.57. The number of hydrogen-bond donors (Lipinski definition) is 0. The van der Waals surface area contributed by atoms with Crippen molar-refractivity contribution in [3.05, 3.63) is 45.2 Å². The molecule has 0 radical (unpaired) electrons. The number of hydrogen-bond acceptors (Lipinski definition) is 4. The Hall–Kier alpha value is -2.63. The smallest absolute Gasteiger partial charge is 0.331 e. The molecule has 24 heavy (non-hydrogen) atoms. The number of ether oxygens (including phenoxy) is 1. The van der Waals surface area contributed by atoms with Gasteiger partial charge in [-0.1, -0.05) is 19.1 Å². The number of aromatic nitrogens is 3. The van der Waals surface area contributed by atoms with Crippen LogP contribution in [0.5, 0.6) is 5.75 Å². The SMILES string of the molecule is CCCn1c(=O)c2cnc3c(OC)cccc3c2n(C(C)C)c1=O. The minimum atomic E-state index is -0.286. The molecule has 126 valence electrons. The summed E-state index contributed by atoms with van der Waals surface area (Å²) in [6.45, 7) is 6.22. The third kappa shape index (κ3) is 2.29. The standard InChI is InChI=1S/C18H21N3O3/c1-5-9-20-17(22)13-10-19-15-12(7-6-8-14(15)24-4)16(13)21(11(2)3)18(20)23/h6-8,10-11H,5,9H2,1-4H3. The Kier molecular flexibility index (Phi) is 4.13. The van der Waals surface area contributed by atoms with E-state index in [2.05, 4.69) is 4.98 Å². The third-order valence-corrected chi connectivity index (χ3v) is 4.17. The Balaban J connectivity index is 2.61. The fourth-order valence-electron chi connectivity index (χ4n) is 3.12. The van der Waals surface area contributed by atoms with Crippen LogP contribution < -0.4 is 16.0 Å². The van der Waals surface area contributed by atoms with Gasteiger partial charge in [0.2, 0.25) is 0 Å². The first-order chi connectivity index (χ1) is 11.5. The molecule has 0 aliphatic heterocycles. The van der Waals surface area contributed by atoms with E-state index in [4.69, 9.17) is 4.74 Å². The minimum Gasteiger partial charge on any atom is -0.494 e. The van der Waals surface area contributed by atoms with Gasteiger partial charge in [-0.15, -0.1) is 0 Å². The van der Waals surface area contributed by atoms with Crippen molar-refractivity contribution >= 4 is 21.8 Å². The summed E-state index contributed by atoms with van der Waals surface area (Å²) in [4.78, 5) is 30.1. The predicted molar refractivity (Wildman–Crippen MR) is 95.0 cm³/mol. The molecule has 1 aromatic carbocycles. The average molecular weight is 327 g/mol. The number of pyridine rings is 1. The van der Waals surface area contributed by atoms with Crippen LogP contribution in [0.3, 0.4) is 0 Å². The fourth-order valence-corrected chi connectivity index (χ4v) is 3.12. The van der Waals surface area contributed by atoms with Gasteiger partial charge in [-0.25, -0.2) is 4.79 Å². The second kappa shape index (κ2) is 6.11. The summed E-state index contributed by atoms with van der Waals surface area (Å²) in [7, 11) is 1.58. The van der Waals surface area contributed by atoms with Crippen molar-refractivity contribution < 1.29 is 4.74 Å². The van der Waals surface area contributed by atoms with Crippen LogP contribution in [-0.4, -0.2) is 21.2 Å². The van der Waals surface area contributed by atoms with Gasteiger partial charge >= 0.3 is 5.69 Å². The lowest BCUT2D eigenvalue weighted by Gasteiger charge is -2.18. The van der Waals surface area contributed by atoms with Crippen molar-refractivity contribution in [2.45, 2.75) is 39.8 Å². The molecule has 3 aromatic rings. The Labute approximate surface area is 139 Å². The summed E-state index contributed by atoms with van der Waals surface area (Å²) in [5.74, 6) is 0.620. The Morgan fingerprint density at radius 2 is 1.96 bits per heavy atom. The number of benzene rings is 1. The number of para-hydroxylation sites is 1. The first-order valence-corrected chi connectivity index (χ1v) is 8.12. The molecule has 0 bridgehead atoms. The second-order valence-corrected chi connectivity index (χ2v) is 6.08. The van der Waals surface area contributed by atoms with E-state index in [1.54, 1.807) is 17.9 Å². The summed E-state index contributed by atoms with van der Waals surface area (Å²) in [6.07, 6.45) is 2.26. The summed E-state index contributed by atoms with van der Waals surface area (Å²) in [5.41, 5.74) is 0.704. The van der Waals surface area contributed by atoms with E-state index in [-0.39, 0.29) is 17.3 Å². The van der Waals surface area contributed by atoms with E-state index in [0.717, 1.165) is 5.39 Å². The topological polar surface area (TPSA) is 66.1 Å². The van der Waals surface area contributed by atoms with Crippen LogP contribution in [0.15, 0.2) is 34.0 Å². The van der Waals surface area contributed by atoms with Gasteiger partial charge in [0.05, 0.1) is 18.0 Å². The second-order valence-electron chi connectivity index (χ2n) is 6.08. The molecule has 0 saturated heterocycles. The monoisotopic (exact) mass is 327 g/mol. The van der Waals surface area contributed by atoms with Gasteiger partial charge < -0.3 is 4.74 Å². The maximum Gasteiger partial charge on any atom is 0.331 e. The van der Waals surface area contributed by atoms with Crippen molar-refractivity contribution in [2.75, 3.05) is 7.11 Å². The number of nitrogens with zero attached hydrogens (tertiary/aromatic N) is 3. The van der Waals surface area contributed by atoms with Crippen molar-refractivity contribution in [3.8, 4) is 5.75 Å². The summed E-state index contributed by atoms with van der Waals surface area (Å²) >= 11 is 0. The van der Waals surface area contributed by atoms with E-state index in [1.807, 2.05) is 39.0 Å². The van der Waals surface area contributed by atoms with Crippen LogP contribution in [0, 0.1) is 0 Å². The Morgan fingerprint density at radius 1 is 1.21 bits per heavy atom. The lowest BCUT2D eigenvalue weighted by atomic mass is 10.1. The van der Waals surface area contributed by atoms with Crippen molar-refractivity contribution in [1.82, 2.24) is 14.1 Å². The highest BCUT2D eigenvalue weighted by molar-refractivity contribution is 6.04. The van der Waals surface area contributed by atoms with E-state index in [0.29, 0.717) is 35.1 Å². The quantitative estimate of drug-likeness (QED) is 0.691. The molecule has 6 heteroatoms. The molecule has 0 unspecified atom stereocenters. The highest BCUT2D eigenvalue weighted by Gasteiger charge is 2.18. The van der Waals surface area contributed by atoms with E-state index in [1.165, 1.54) is 4.57 Å². The Morgan fingerprint density at radius 3 is 2.58 bits per heavy atom. The van der Waals surface area contributed by atoms with Gasteiger partial charge in [0.25, 0.3) is 5.56 Å².